The van der Waals surface area contributed by atoms with Crippen LogP contribution in [0.1, 0.15) is 18.3 Å². The second kappa shape index (κ2) is 6.68. The van der Waals surface area contributed by atoms with E-state index in [1.54, 1.807) is 13.2 Å². The molecule has 2 N–H and O–H groups in total. The second-order valence-electron chi connectivity index (χ2n) is 4.12. The minimum atomic E-state index is 0.290. The van der Waals surface area contributed by atoms with Crippen LogP contribution in [0.2, 0.25) is 0 Å². The third kappa shape index (κ3) is 3.55. The molecule has 1 aromatic heterocycles. The van der Waals surface area contributed by atoms with Gasteiger partial charge >= 0.3 is 0 Å². The SMILES string of the molecule is C/C=C/c1ccccc1Oc1cc(N)nc(COC)n1. The molecule has 5 nitrogen and oxygen atoms in total. The maximum absolute atomic E-state index is 5.79. The van der Waals surface area contributed by atoms with Gasteiger partial charge in [0.2, 0.25) is 5.88 Å². The summed E-state index contributed by atoms with van der Waals surface area (Å²) in [6.07, 6.45) is 3.92. The van der Waals surface area contributed by atoms with Crippen molar-refractivity contribution in [3.63, 3.8) is 0 Å². The molecular formula is C15H17N3O2. The van der Waals surface area contributed by atoms with E-state index in [2.05, 4.69) is 9.97 Å². The quantitative estimate of drug-likeness (QED) is 0.905. The Morgan fingerprint density at radius 3 is 2.80 bits per heavy atom. The Hall–Kier alpha value is -2.40. The van der Waals surface area contributed by atoms with Crippen molar-refractivity contribution in [2.75, 3.05) is 12.8 Å². The monoisotopic (exact) mass is 271 g/mol. The van der Waals surface area contributed by atoms with E-state index in [4.69, 9.17) is 15.2 Å². The fourth-order valence-electron chi connectivity index (χ4n) is 1.74. The lowest BCUT2D eigenvalue weighted by Crippen LogP contribution is -2.02. The van der Waals surface area contributed by atoms with Crippen LogP contribution in [0.3, 0.4) is 0 Å². The molecule has 104 valence electrons. The van der Waals surface area contributed by atoms with E-state index in [1.165, 1.54) is 0 Å². The summed E-state index contributed by atoms with van der Waals surface area (Å²) in [4.78, 5) is 8.33. The Balaban J connectivity index is 2.30. The standard InChI is InChI=1S/C15H17N3O2/c1-3-6-11-7-4-5-8-12(11)20-15-9-13(16)17-14(18-15)10-19-2/h3-9H,10H2,1-2H3,(H2,16,17,18)/b6-3+. The van der Waals surface area contributed by atoms with Crippen molar-refractivity contribution < 1.29 is 9.47 Å². The van der Waals surface area contributed by atoms with E-state index >= 15 is 0 Å². The fourth-order valence-corrected chi connectivity index (χ4v) is 1.74. The number of ether oxygens (including phenoxy) is 2. The summed E-state index contributed by atoms with van der Waals surface area (Å²) in [6.45, 7) is 2.24. The molecule has 0 atom stereocenters. The van der Waals surface area contributed by atoms with Crippen LogP contribution in [-0.4, -0.2) is 17.1 Å². The van der Waals surface area contributed by atoms with Gasteiger partial charge in [-0.25, -0.2) is 4.98 Å². The number of methoxy groups -OCH3 is 1. The lowest BCUT2D eigenvalue weighted by atomic mass is 10.2. The van der Waals surface area contributed by atoms with Crippen LogP contribution in [0, 0.1) is 0 Å². The number of rotatable bonds is 5. The average molecular weight is 271 g/mol. The lowest BCUT2D eigenvalue weighted by Gasteiger charge is -2.09. The van der Waals surface area contributed by atoms with E-state index < -0.39 is 0 Å². The first-order valence-corrected chi connectivity index (χ1v) is 6.25. The van der Waals surface area contributed by atoms with Crippen LogP contribution >= 0.6 is 0 Å². The van der Waals surface area contributed by atoms with Gasteiger partial charge in [0.25, 0.3) is 0 Å². The highest BCUT2D eigenvalue weighted by molar-refractivity contribution is 5.57. The number of nitrogens with zero attached hydrogens (tertiary/aromatic N) is 2. The summed E-state index contributed by atoms with van der Waals surface area (Å²) in [5.41, 5.74) is 6.71. The molecule has 5 heteroatoms. The molecule has 2 aromatic rings. The third-order valence-electron chi connectivity index (χ3n) is 2.52. The van der Waals surface area contributed by atoms with Crippen molar-refractivity contribution in [2.45, 2.75) is 13.5 Å². The first-order chi connectivity index (χ1) is 9.72. The smallest absolute Gasteiger partial charge is 0.224 e. The van der Waals surface area contributed by atoms with Crippen LogP contribution < -0.4 is 10.5 Å². The maximum atomic E-state index is 5.79. The van der Waals surface area contributed by atoms with Gasteiger partial charge in [-0.2, -0.15) is 4.98 Å². The minimum absolute atomic E-state index is 0.290. The van der Waals surface area contributed by atoms with Crippen LogP contribution in [-0.2, 0) is 11.3 Å². The molecule has 0 saturated carbocycles. The molecule has 0 fully saturated rings. The van der Waals surface area contributed by atoms with Crippen molar-refractivity contribution in [3.05, 3.63) is 47.8 Å². The van der Waals surface area contributed by atoms with Gasteiger partial charge in [-0.15, -0.1) is 0 Å². The molecular weight excluding hydrogens is 254 g/mol. The summed E-state index contributed by atoms with van der Waals surface area (Å²) < 4.78 is 10.8. The number of hydrogen-bond acceptors (Lipinski definition) is 5. The van der Waals surface area contributed by atoms with Crippen LogP contribution in [0.4, 0.5) is 5.82 Å². The maximum Gasteiger partial charge on any atom is 0.224 e. The van der Waals surface area contributed by atoms with Gasteiger partial charge in [0.15, 0.2) is 5.82 Å². The number of benzene rings is 1. The number of allylic oxidation sites excluding steroid dienone is 1. The molecule has 2 rings (SSSR count). The predicted octanol–water partition coefficient (Wildman–Crippen LogP) is 3.03. The summed E-state index contributed by atoms with van der Waals surface area (Å²) in [5.74, 6) is 1.96. The van der Waals surface area contributed by atoms with Crippen molar-refractivity contribution in [1.82, 2.24) is 9.97 Å². The molecule has 0 bridgehead atoms. The Labute approximate surface area is 118 Å². The second-order valence-corrected chi connectivity index (χ2v) is 4.12. The summed E-state index contributed by atoms with van der Waals surface area (Å²) >= 11 is 0. The third-order valence-corrected chi connectivity index (χ3v) is 2.52. The van der Waals surface area contributed by atoms with Crippen LogP contribution in [0.5, 0.6) is 11.6 Å². The van der Waals surface area contributed by atoms with E-state index in [0.717, 1.165) is 5.56 Å². The summed E-state index contributed by atoms with van der Waals surface area (Å²) in [7, 11) is 1.58. The Morgan fingerprint density at radius 2 is 2.05 bits per heavy atom. The molecule has 0 saturated heterocycles. The zero-order valence-electron chi connectivity index (χ0n) is 11.5. The van der Waals surface area contributed by atoms with Crippen molar-refractivity contribution in [3.8, 4) is 11.6 Å². The molecule has 0 aliphatic carbocycles. The summed E-state index contributed by atoms with van der Waals surface area (Å²) in [5, 5.41) is 0. The Kier molecular flexibility index (Phi) is 4.68. The van der Waals surface area contributed by atoms with Gasteiger partial charge < -0.3 is 15.2 Å². The first-order valence-electron chi connectivity index (χ1n) is 6.25. The van der Waals surface area contributed by atoms with E-state index in [0.29, 0.717) is 23.3 Å². The molecule has 0 spiro atoms. The van der Waals surface area contributed by atoms with Crippen molar-refractivity contribution >= 4 is 11.9 Å². The van der Waals surface area contributed by atoms with E-state index in [-0.39, 0.29) is 6.61 Å². The predicted molar refractivity (Wildman–Crippen MR) is 78.4 cm³/mol. The first kappa shape index (κ1) is 14.0. The largest absolute Gasteiger partial charge is 0.438 e. The molecule has 0 radical (unpaired) electrons. The fraction of sp³-hybridized carbons (Fsp3) is 0.200. The molecule has 1 aromatic carbocycles. The van der Waals surface area contributed by atoms with Gasteiger partial charge in [0, 0.05) is 18.7 Å². The Bertz CT molecular complexity index is 612. The van der Waals surface area contributed by atoms with Crippen molar-refractivity contribution in [1.29, 1.82) is 0 Å². The van der Waals surface area contributed by atoms with Crippen molar-refractivity contribution in [2.24, 2.45) is 0 Å². The Morgan fingerprint density at radius 1 is 1.25 bits per heavy atom. The van der Waals surface area contributed by atoms with Gasteiger partial charge in [-0.05, 0) is 13.0 Å². The van der Waals surface area contributed by atoms with Gasteiger partial charge in [-0.1, -0.05) is 30.4 Å². The topological polar surface area (TPSA) is 70.3 Å². The number of nitrogen functional groups attached to an aromatic ring is 1. The minimum Gasteiger partial charge on any atom is -0.438 e. The lowest BCUT2D eigenvalue weighted by molar-refractivity contribution is 0.177. The normalized spacial score (nSPS) is 10.9. The highest BCUT2D eigenvalue weighted by Crippen LogP contribution is 2.25. The average Bonchev–Trinajstić information content (AvgIpc) is 2.41. The van der Waals surface area contributed by atoms with Gasteiger partial charge in [0.05, 0.1) is 0 Å². The highest BCUT2D eigenvalue weighted by atomic mass is 16.5. The summed E-state index contributed by atoms with van der Waals surface area (Å²) in [6, 6.07) is 9.29. The highest BCUT2D eigenvalue weighted by Gasteiger charge is 2.07. The number of para-hydroxylation sites is 1. The zero-order chi connectivity index (χ0) is 14.4. The molecule has 20 heavy (non-hydrogen) atoms. The number of aromatic nitrogens is 2. The van der Waals surface area contributed by atoms with Crippen LogP contribution in [0.25, 0.3) is 6.08 Å². The van der Waals surface area contributed by atoms with Crippen LogP contribution in [0.15, 0.2) is 36.4 Å². The molecule has 0 unspecified atom stereocenters. The zero-order valence-corrected chi connectivity index (χ0v) is 11.5. The van der Waals surface area contributed by atoms with Gasteiger partial charge in [0.1, 0.15) is 18.2 Å². The van der Waals surface area contributed by atoms with Gasteiger partial charge in [-0.3, -0.25) is 0 Å². The number of hydrogen-bond donors (Lipinski definition) is 1. The molecule has 0 amide bonds. The van der Waals surface area contributed by atoms with E-state index in [1.807, 2.05) is 43.3 Å². The molecule has 0 aliphatic rings. The van der Waals surface area contributed by atoms with E-state index in [9.17, 15) is 0 Å². The number of anilines is 1. The number of nitrogens with two attached hydrogens (primary N) is 1. The molecule has 0 aliphatic heterocycles. The molecule has 1 heterocycles.